The zero-order chi connectivity index (χ0) is 10.5. The van der Waals surface area contributed by atoms with E-state index in [9.17, 15) is 8.78 Å². The van der Waals surface area contributed by atoms with Crippen LogP contribution >= 0.6 is 0 Å². The van der Waals surface area contributed by atoms with Crippen molar-refractivity contribution in [2.45, 2.75) is 57.8 Å². The molecule has 4 aliphatic carbocycles. The van der Waals surface area contributed by atoms with Crippen molar-refractivity contribution in [2.75, 3.05) is 0 Å². The highest BCUT2D eigenvalue weighted by atomic mass is 19.3. The number of hydrogen-bond acceptors (Lipinski definition) is 0. The summed E-state index contributed by atoms with van der Waals surface area (Å²) in [5, 5.41) is 0. The van der Waals surface area contributed by atoms with Crippen molar-refractivity contribution in [2.24, 2.45) is 23.2 Å². The first-order valence-electron chi connectivity index (χ1n) is 6.43. The number of halogens is 2. The molecule has 4 fully saturated rings. The number of hydrogen-bond donors (Lipinski definition) is 0. The van der Waals surface area contributed by atoms with E-state index in [0.29, 0.717) is 5.41 Å². The Labute approximate surface area is 90.4 Å². The first-order valence-corrected chi connectivity index (χ1v) is 6.43. The Morgan fingerprint density at radius 3 is 1.80 bits per heavy atom. The van der Waals surface area contributed by atoms with Gasteiger partial charge in [-0.3, -0.25) is 0 Å². The largest absolute Gasteiger partial charge is 0.238 e. The van der Waals surface area contributed by atoms with Crippen LogP contribution in [-0.2, 0) is 0 Å². The van der Waals surface area contributed by atoms with Gasteiger partial charge in [0.25, 0.3) is 0 Å². The van der Waals surface area contributed by atoms with Gasteiger partial charge < -0.3 is 0 Å². The summed E-state index contributed by atoms with van der Waals surface area (Å²) in [4.78, 5) is 0. The fraction of sp³-hybridized carbons (Fsp3) is 1.00. The Kier molecular flexibility index (Phi) is 2.29. The van der Waals surface area contributed by atoms with Gasteiger partial charge in [-0.1, -0.05) is 0 Å². The van der Waals surface area contributed by atoms with E-state index in [1.165, 1.54) is 38.5 Å². The molecule has 0 nitrogen and oxygen atoms in total. The van der Waals surface area contributed by atoms with Crippen LogP contribution in [0.15, 0.2) is 0 Å². The van der Waals surface area contributed by atoms with E-state index in [4.69, 9.17) is 0 Å². The smallest absolute Gasteiger partial charge is 0.211 e. The van der Waals surface area contributed by atoms with E-state index in [1.54, 1.807) is 0 Å². The summed E-state index contributed by atoms with van der Waals surface area (Å²) in [6.45, 7) is 0. The third kappa shape index (κ3) is 1.81. The molecule has 0 radical (unpaired) electrons. The van der Waals surface area contributed by atoms with E-state index in [2.05, 4.69) is 0 Å². The lowest BCUT2D eigenvalue weighted by Crippen LogP contribution is -2.46. The minimum absolute atomic E-state index is 0.145. The standard InChI is InChI=1S/C13H20F2/c14-12(15)1-2-13-6-9-3-10(7-13)5-11(4-9)8-13/h9-12H,1-8H2. The zero-order valence-corrected chi connectivity index (χ0v) is 9.22. The minimum atomic E-state index is -2.09. The van der Waals surface area contributed by atoms with Crippen molar-refractivity contribution in [3.05, 3.63) is 0 Å². The summed E-state index contributed by atoms with van der Waals surface area (Å²) in [7, 11) is 0. The molecule has 4 rings (SSSR count). The molecule has 86 valence electrons. The molecule has 0 saturated heterocycles. The molecule has 2 heteroatoms. The summed E-state index contributed by atoms with van der Waals surface area (Å²) in [6.07, 6.45) is 6.90. The molecule has 0 atom stereocenters. The second-order valence-electron chi connectivity index (χ2n) is 6.35. The SMILES string of the molecule is FC(F)CCC12CC3CC(CC(C3)C1)C2. The predicted molar refractivity (Wildman–Crippen MR) is 55.8 cm³/mol. The van der Waals surface area contributed by atoms with E-state index >= 15 is 0 Å². The van der Waals surface area contributed by atoms with Crippen molar-refractivity contribution in [1.29, 1.82) is 0 Å². The van der Waals surface area contributed by atoms with Crippen LogP contribution in [0.4, 0.5) is 8.78 Å². The Morgan fingerprint density at radius 1 is 0.933 bits per heavy atom. The maximum Gasteiger partial charge on any atom is 0.238 e. The highest BCUT2D eigenvalue weighted by Gasteiger charge is 2.50. The summed E-state index contributed by atoms with van der Waals surface area (Å²) in [5.74, 6) is 2.69. The van der Waals surface area contributed by atoms with Crippen molar-refractivity contribution >= 4 is 0 Å². The van der Waals surface area contributed by atoms with Gasteiger partial charge in [0.2, 0.25) is 6.43 Å². The van der Waals surface area contributed by atoms with Gasteiger partial charge >= 0.3 is 0 Å². The van der Waals surface area contributed by atoms with Gasteiger partial charge in [-0.2, -0.15) is 0 Å². The lowest BCUT2D eigenvalue weighted by atomic mass is 9.48. The van der Waals surface area contributed by atoms with Gasteiger partial charge in [-0.25, -0.2) is 8.78 Å². The van der Waals surface area contributed by atoms with Crippen LogP contribution in [-0.4, -0.2) is 6.43 Å². The monoisotopic (exact) mass is 214 g/mol. The van der Waals surface area contributed by atoms with Gasteiger partial charge in [-0.05, 0) is 68.1 Å². The highest BCUT2D eigenvalue weighted by Crippen LogP contribution is 2.61. The molecule has 4 bridgehead atoms. The number of rotatable bonds is 3. The van der Waals surface area contributed by atoms with Crippen LogP contribution in [0.25, 0.3) is 0 Å². The number of alkyl halides is 2. The maximum atomic E-state index is 12.3. The molecule has 0 unspecified atom stereocenters. The van der Waals surface area contributed by atoms with Gasteiger partial charge in [0, 0.05) is 6.42 Å². The molecular formula is C13H20F2. The van der Waals surface area contributed by atoms with Crippen LogP contribution in [0, 0.1) is 23.2 Å². The molecule has 0 heterocycles. The van der Waals surface area contributed by atoms with Gasteiger partial charge in [0.05, 0.1) is 0 Å². The third-order valence-electron chi connectivity index (χ3n) is 5.06. The van der Waals surface area contributed by atoms with Gasteiger partial charge in [0.1, 0.15) is 0 Å². The average molecular weight is 214 g/mol. The molecule has 0 amide bonds. The molecular weight excluding hydrogens is 194 g/mol. The van der Waals surface area contributed by atoms with Crippen molar-refractivity contribution in [3.63, 3.8) is 0 Å². The van der Waals surface area contributed by atoms with Crippen LogP contribution in [0.2, 0.25) is 0 Å². The van der Waals surface area contributed by atoms with E-state index in [0.717, 1.165) is 24.2 Å². The molecule has 4 aliphatic rings. The molecule has 0 N–H and O–H groups in total. The van der Waals surface area contributed by atoms with E-state index in [1.807, 2.05) is 0 Å². The quantitative estimate of drug-likeness (QED) is 0.659. The predicted octanol–water partition coefficient (Wildman–Crippen LogP) is 4.25. The summed E-state index contributed by atoms with van der Waals surface area (Å²) in [6, 6.07) is 0. The minimum Gasteiger partial charge on any atom is -0.211 e. The normalized spacial score (nSPS) is 47.8. The fourth-order valence-electron chi connectivity index (χ4n) is 5.01. The Balaban J connectivity index is 1.70. The summed E-state index contributed by atoms with van der Waals surface area (Å²) < 4.78 is 24.6. The van der Waals surface area contributed by atoms with Crippen LogP contribution in [0.3, 0.4) is 0 Å². The maximum absolute atomic E-state index is 12.3. The molecule has 0 aromatic rings. The van der Waals surface area contributed by atoms with Crippen molar-refractivity contribution in [3.8, 4) is 0 Å². The van der Waals surface area contributed by atoms with Crippen molar-refractivity contribution < 1.29 is 8.78 Å². The van der Waals surface area contributed by atoms with Gasteiger partial charge in [-0.15, -0.1) is 0 Å². The second-order valence-corrected chi connectivity index (χ2v) is 6.35. The Bertz CT molecular complexity index is 212. The lowest BCUT2D eigenvalue weighted by molar-refractivity contribution is -0.0645. The lowest BCUT2D eigenvalue weighted by Gasteiger charge is -2.57. The molecule has 0 spiro atoms. The highest BCUT2D eigenvalue weighted by molar-refractivity contribution is 5.01. The van der Waals surface area contributed by atoms with Crippen LogP contribution in [0.1, 0.15) is 51.4 Å². The van der Waals surface area contributed by atoms with Crippen LogP contribution in [0.5, 0.6) is 0 Å². The topological polar surface area (TPSA) is 0 Å². The summed E-state index contributed by atoms with van der Waals surface area (Å²) in [5.41, 5.74) is 0.352. The molecule has 0 aliphatic heterocycles. The van der Waals surface area contributed by atoms with Crippen molar-refractivity contribution in [1.82, 2.24) is 0 Å². The van der Waals surface area contributed by atoms with Crippen LogP contribution < -0.4 is 0 Å². The molecule has 4 saturated carbocycles. The molecule has 0 aromatic carbocycles. The first kappa shape index (κ1) is 10.0. The Morgan fingerprint density at radius 2 is 1.40 bits per heavy atom. The van der Waals surface area contributed by atoms with E-state index < -0.39 is 6.43 Å². The zero-order valence-electron chi connectivity index (χ0n) is 9.22. The Hall–Kier alpha value is -0.140. The average Bonchev–Trinajstić information content (AvgIpc) is 2.12. The second kappa shape index (κ2) is 3.43. The third-order valence-corrected chi connectivity index (χ3v) is 5.06. The van der Waals surface area contributed by atoms with E-state index in [-0.39, 0.29) is 6.42 Å². The molecule has 0 aromatic heterocycles. The fourth-order valence-corrected chi connectivity index (χ4v) is 5.01. The summed E-state index contributed by atoms with van der Waals surface area (Å²) >= 11 is 0. The first-order chi connectivity index (χ1) is 7.15. The molecule has 15 heavy (non-hydrogen) atoms. The van der Waals surface area contributed by atoms with Gasteiger partial charge in [0.15, 0.2) is 0 Å².